The van der Waals surface area contributed by atoms with Crippen molar-refractivity contribution in [3.8, 4) is 0 Å². The fourth-order valence-electron chi connectivity index (χ4n) is 2.76. The van der Waals surface area contributed by atoms with Gasteiger partial charge in [-0.1, -0.05) is 19.3 Å². The first kappa shape index (κ1) is 14.7. The van der Waals surface area contributed by atoms with E-state index in [1.807, 2.05) is 20.9 Å². The molecule has 19 heavy (non-hydrogen) atoms. The van der Waals surface area contributed by atoms with Gasteiger partial charge < -0.3 is 10.1 Å². The minimum absolute atomic E-state index is 0.288. The maximum atomic E-state index is 6.08. The largest absolute Gasteiger partial charge is 0.372 e. The number of aryl methyl sites for hydroxylation is 1. The summed E-state index contributed by atoms with van der Waals surface area (Å²) < 4.78 is 7.01. The van der Waals surface area contributed by atoms with Crippen LogP contribution < -0.4 is 5.32 Å². The summed E-state index contributed by atoms with van der Waals surface area (Å²) in [5.41, 5.74) is 0.670. The molecule has 0 bridgehead atoms. The molecular weight excluding hydrogens is 306 g/mol. The van der Waals surface area contributed by atoms with Crippen LogP contribution in [0.2, 0.25) is 0 Å². The zero-order valence-electron chi connectivity index (χ0n) is 11.9. The van der Waals surface area contributed by atoms with Gasteiger partial charge in [0.1, 0.15) is 11.4 Å². The molecule has 1 aromatic heterocycles. The molecule has 5 heteroatoms. The minimum Gasteiger partial charge on any atom is -0.372 e. The predicted molar refractivity (Wildman–Crippen MR) is 80.4 cm³/mol. The van der Waals surface area contributed by atoms with Crippen LogP contribution in [-0.4, -0.2) is 23.6 Å². The van der Waals surface area contributed by atoms with Crippen molar-refractivity contribution < 1.29 is 4.74 Å². The Hall–Kier alpha value is -0.680. The number of nitrogens with zero attached hydrogens (tertiary/aromatic N) is 2. The van der Waals surface area contributed by atoms with Crippen molar-refractivity contribution in [2.45, 2.75) is 51.6 Å². The average molecular weight is 328 g/mol. The Balaban J connectivity index is 2.44. The Kier molecular flexibility index (Phi) is 4.79. The number of ether oxygens (including phenoxy) is 1. The van der Waals surface area contributed by atoms with Crippen LogP contribution in [0, 0.1) is 6.92 Å². The van der Waals surface area contributed by atoms with Crippen LogP contribution in [0.4, 0.5) is 5.82 Å². The molecule has 0 saturated heterocycles. The average Bonchev–Trinajstić information content (AvgIpc) is 2.43. The SMILES string of the molecule is CCOC1(c2nc(C)c(Br)c(NC)n2)CCCCC1. The molecule has 1 aliphatic carbocycles. The highest BCUT2D eigenvalue weighted by atomic mass is 79.9. The normalized spacial score (nSPS) is 18.3. The zero-order valence-corrected chi connectivity index (χ0v) is 13.5. The van der Waals surface area contributed by atoms with Crippen molar-refractivity contribution in [3.05, 3.63) is 16.0 Å². The third-order valence-electron chi connectivity index (χ3n) is 3.74. The minimum atomic E-state index is -0.288. The van der Waals surface area contributed by atoms with Crippen molar-refractivity contribution in [2.75, 3.05) is 19.0 Å². The van der Waals surface area contributed by atoms with Crippen LogP contribution in [0.5, 0.6) is 0 Å². The first-order valence-electron chi connectivity index (χ1n) is 6.99. The summed E-state index contributed by atoms with van der Waals surface area (Å²) in [6, 6.07) is 0. The molecule has 106 valence electrons. The molecule has 0 spiro atoms. The van der Waals surface area contributed by atoms with Crippen molar-refractivity contribution in [2.24, 2.45) is 0 Å². The Morgan fingerprint density at radius 3 is 2.53 bits per heavy atom. The second-order valence-electron chi connectivity index (χ2n) is 5.03. The molecule has 0 atom stereocenters. The topological polar surface area (TPSA) is 47.0 Å². The molecule has 4 nitrogen and oxygen atoms in total. The summed E-state index contributed by atoms with van der Waals surface area (Å²) in [5, 5.41) is 3.12. The summed E-state index contributed by atoms with van der Waals surface area (Å²) in [4.78, 5) is 9.34. The van der Waals surface area contributed by atoms with Crippen LogP contribution in [0.15, 0.2) is 4.47 Å². The van der Waals surface area contributed by atoms with Crippen molar-refractivity contribution in [1.29, 1.82) is 0 Å². The number of halogens is 1. The summed E-state index contributed by atoms with van der Waals surface area (Å²) in [6.45, 7) is 4.74. The predicted octanol–water partition coefficient (Wildman–Crippen LogP) is 3.79. The standard InChI is InChI=1S/C14H22BrN3O/c1-4-19-14(8-6-5-7-9-14)13-17-10(2)11(15)12(16-3)18-13/h4-9H2,1-3H3,(H,16,17,18). The van der Waals surface area contributed by atoms with Crippen LogP contribution in [0.3, 0.4) is 0 Å². The van der Waals surface area contributed by atoms with E-state index in [-0.39, 0.29) is 5.60 Å². The first-order chi connectivity index (χ1) is 9.13. The number of nitrogens with one attached hydrogen (secondary N) is 1. The number of aromatic nitrogens is 2. The highest BCUT2D eigenvalue weighted by molar-refractivity contribution is 9.10. The second kappa shape index (κ2) is 6.18. The number of anilines is 1. The van der Waals surface area contributed by atoms with Crippen molar-refractivity contribution in [3.63, 3.8) is 0 Å². The first-order valence-corrected chi connectivity index (χ1v) is 7.78. The molecule has 1 saturated carbocycles. The Morgan fingerprint density at radius 1 is 1.26 bits per heavy atom. The highest BCUT2D eigenvalue weighted by Crippen LogP contribution is 2.40. The van der Waals surface area contributed by atoms with E-state index in [0.717, 1.165) is 34.7 Å². The van der Waals surface area contributed by atoms with E-state index in [9.17, 15) is 0 Å². The van der Waals surface area contributed by atoms with Crippen LogP contribution in [-0.2, 0) is 10.3 Å². The van der Waals surface area contributed by atoms with E-state index in [4.69, 9.17) is 4.74 Å². The lowest BCUT2D eigenvalue weighted by Gasteiger charge is -2.35. The molecule has 1 N–H and O–H groups in total. The molecular formula is C14H22BrN3O. The molecule has 1 aromatic rings. The lowest BCUT2D eigenvalue weighted by Crippen LogP contribution is -2.35. The Bertz CT molecular complexity index is 439. The van der Waals surface area contributed by atoms with Gasteiger partial charge in [-0.15, -0.1) is 0 Å². The molecule has 0 amide bonds. The van der Waals surface area contributed by atoms with Gasteiger partial charge in [0, 0.05) is 13.7 Å². The number of hydrogen-bond donors (Lipinski definition) is 1. The third-order valence-corrected chi connectivity index (χ3v) is 4.69. The monoisotopic (exact) mass is 327 g/mol. The molecule has 2 rings (SSSR count). The van der Waals surface area contributed by atoms with Gasteiger partial charge in [0.2, 0.25) is 0 Å². The molecule has 1 fully saturated rings. The van der Waals surface area contributed by atoms with Crippen LogP contribution in [0.25, 0.3) is 0 Å². The van der Waals surface area contributed by atoms with E-state index in [1.54, 1.807) is 0 Å². The van der Waals surface area contributed by atoms with E-state index in [1.165, 1.54) is 19.3 Å². The summed E-state index contributed by atoms with van der Waals surface area (Å²) in [5.74, 6) is 1.67. The number of hydrogen-bond acceptors (Lipinski definition) is 4. The third kappa shape index (κ3) is 2.92. The van der Waals surface area contributed by atoms with Gasteiger partial charge in [-0.25, -0.2) is 9.97 Å². The summed E-state index contributed by atoms with van der Waals surface area (Å²) >= 11 is 3.53. The van der Waals surface area contributed by atoms with E-state index in [0.29, 0.717) is 6.61 Å². The van der Waals surface area contributed by atoms with Crippen molar-refractivity contribution >= 4 is 21.7 Å². The molecule has 0 aromatic carbocycles. The molecule has 0 aliphatic heterocycles. The number of rotatable bonds is 4. The van der Waals surface area contributed by atoms with E-state index < -0.39 is 0 Å². The Morgan fingerprint density at radius 2 is 1.95 bits per heavy atom. The van der Waals surface area contributed by atoms with Gasteiger partial charge >= 0.3 is 0 Å². The molecule has 0 unspecified atom stereocenters. The maximum absolute atomic E-state index is 6.08. The van der Waals surface area contributed by atoms with Gasteiger partial charge in [0.05, 0.1) is 10.2 Å². The molecule has 0 radical (unpaired) electrons. The van der Waals surface area contributed by atoms with Gasteiger partial charge in [0.15, 0.2) is 5.82 Å². The zero-order chi connectivity index (χ0) is 13.9. The highest BCUT2D eigenvalue weighted by Gasteiger charge is 2.38. The smallest absolute Gasteiger partial charge is 0.162 e. The van der Waals surface area contributed by atoms with Crippen LogP contribution >= 0.6 is 15.9 Å². The summed E-state index contributed by atoms with van der Waals surface area (Å²) in [7, 11) is 1.88. The lowest BCUT2D eigenvalue weighted by atomic mass is 9.83. The van der Waals surface area contributed by atoms with Gasteiger partial charge in [-0.3, -0.25) is 0 Å². The van der Waals surface area contributed by atoms with E-state index in [2.05, 4.69) is 31.2 Å². The quantitative estimate of drug-likeness (QED) is 0.914. The molecule has 1 aliphatic rings. The van der Waals surface area contributed by atoms with Crippen LogP contribution in [0.1, 0.15) is 50.5 Å². The van der Waals surface area contributed by atoms with Gasteiger partial charge in [-0.2, -0.15) is 0 Å². The maximum Gasteiger partial charge on any atom is 0.162 e. The Labute approximate surface area is 123 Å². The van der Waals surface area contributed by atoms with E-state index >= 15 is 0 Å². The van der Waals surface area contributed by atoms with Gasteiger partial charge in [-0.05, 0) is 42.6 Å². The van der Waals surface area contributed by atoms with Crippen molar-refractivity contribution in [1.82, 2.24) is 9.97 Å². The fourth-order valence-corrected chi connectivity index (χ4v) is 3.14. The fraction of sp³-hybridized carbons (Fsp3) is 0.714. The second-order valence-corrected chi connectivity index (χ2v) is 5.83. The van der Waals surface area contributed by atoms with Gasteiger partial charge in [0.25, 0.3) is 0 Å². The molecule has 1 heterocycles. The summed E-state index contributed by atoms with van der Waals surface area (Å²) in [6.07, 6.45) is 5.69. The lowest BCUT2D eigenvalue weighted by molar-refractivity contribution is -0.0767.